The highest BCUT2D eigenvalue weighted by Crippen LogP contribution is 2.60. The van der Waals surface area contributed by atoms with Crippen molar-refractivity contribution in [2.24, 2.45) is 23.7 Å². The molecule has 1 aromatic carbocycles. The first-order valence-electron chi connectivity index (χ1n) is 7.97. The molecule has 1 heterocycles. The molecule has 0 radical (unpaired) electrons. The molecule has 1 saturated heterocycles. The van der Waals surface area contributed by atoms with Crippen molar-refractivity contribution in [3.8, 4) is 0 Å². The Morgan fingerprint density at radius 1 is 1.04 bits per heavy atom. The Morgan fingerprint density at radius 2 is 1.58 bits per heavy atom. The molecule has 5 nitrogen and oxygen atoms in total. The van der Waals surface area contributed by atoms with Crippen LogP contribution in [0.5, 0.6) is 0 Å². The third-order valence-electron chi connectivity index (χ3n) is 5.44. The first kappa shape index (κ1) is 16.3. The van der Waals surface area contributed by atoms with Gasteiger partial charge in [-0.2, -0.15) is 0 Å². The fourth-order valence-electron chi connectivity index (χ4n) is 4.43. The predicted octanol–water partition coefficient (Wildman–Crippen LogP) is 2.40. The van der Waals surface area contributed by atoms with Gasteiger partial charge < -0.3 is 5.32 Å². The van der Waals surface area contributed by atoms with Gasteiger partial charge in [0.2, 0.25) is 17.7 Å². The van der Waals surface area contributed by atoms with Gasteiger partial charge in [0.15, 0.2) is 0 Å². The molecule has 3 amide bonds. The quantitative estimate of drug-likeness (QED) is 0.562. The van der Waals surface area contributed by atoms with E-state index in [-0.39, 0.29) is 57.6 Å². The average Bonchev–Trinajstić information content (AvgIpc) is 3.16. The zero-order valence-electron chi connectivity index (χ0n) is 12.7. The van der Waals surface area contributed by atoms with E-state index in [0.29, 0.717) is 5.69 Å². The van der Waals surface area contributed by atoms with Crippen LogP contribution in [0, 0.1) is 23.7 Å². The summed E-state index contributed by atoms with van der Waals surface area (Å²) in [5.41, 5.74) is 0.655. The molecule has 2 bridgehead atoms. The third kappa shape index (κ3) is 2.36. The highest BCUT2D eigenvalue weighted by molar-refractivity contribution is 9.12. The highest BCUT2D eigenvalue weighted by Gasteiger charge is 2.66. The van der Waals surface area contributed by atoms with E-state index in [4.69, 9.17) is 0 Å². The van der Waals surface area contributed by atoms with Crippen molar-refractivity contribution < 1.29 is 14.4 Å². The molecule has 3 fully saturated rings. The lowest BCUT2D eigenvalue weighted by Gasteiger charge is -2.28. The summed E-state index contributed by atoms with van der Waals surface area (Å²) in [4.78, 5) is 39.2. The first-order chi connectivity index (χ1) is 11.5. The van der Waals surface area contributed by atoms with Gasteiger partial charge in [0.05, 0.1) is 11.8 Å². The Kier molecular flexibility index (Phi) is 4.03. The van der Waals surface area contributed by atoms with E-state index < -0.39 is 0 Å². The number of halogens is 2. The number of hydrogen-bond acceptors (Lipinski definition) is 3. The second-order valence-corrected chi connectivity index (χ2v) is 8.80. The Labute approximate surface area is 156 Å². The summed E-state index contributed by atoms with van der Waals surface area (Å²) in [5.74, 6) is -0.934. The van der Waals surface area contributed by atoms with Crippen LogP contribution < -0.4 is 5.32 Å². The summed E-state index contributed by atoms with van der Waals surface area (Å²) in [6.07, 6.45) is 0.892. The normalized spacial score (nSPS) is 37.0. The average molecular weight is 456 g/mol. The van der Waals surface area contributed by atoms with Gasteiger partial charge in [-0.05, 0) is 30.4 Å². The molecule has 1 aliphatic heterocycles. The lowest BCUT2D eigenvalue weighted by atomic mass is 9.81. The van der Waals surface area contributed by atoms with Gasteiger partial charge in [0, 0.05) is 15.3 Å². The molecule has 4 rings (SSSR count). The number of hydrogen-bond donors (Lipinski definition) is 1. The van der Waals surface area contributed by atoms with Gasteiger partial charge in [-0.1, -0.05) is 50.1 Å². The number of nitrogens with zero attached hydrogens (tertiary/aromatic N) is 1. The summed E-state index contributed by atoms with van der Waals surface area (Å²) in [7, 11) is 0. The number of para-hydroxylation sites is 1. The van der Waals surface area contributed by atoms with Crippen LogP contribution in [-0.4, -0.2) is 38.8 Å². The Bertz CT molecular complexity index is 679. The number of nitrogens with one attached hydrogen (secondary N) is 1. The first-order valence-corrected chi connectivity index (χ1v) is 9.80. The number of carbonyl (C=O) groups excluding carboxylic acids is 3. The summed E-state index contributed by atoms with van der Waals surface area (Å²) >= 11 is 7.30. The maximum Gasteiger partial charge on any atom is 0.244 e. The van der Waals surface area contributed by atoms with Gasteiger partial charge in [0.1, 0.15) is 6.54 Å². The number of amides is 3. The molecular weight excluding hydrogens is 440 g/mol. The van der Waals surface area contributed by atoms with Crippen molar-refractivity contribution in [2.75, 3.05) is 11.9 Å². The number of imide groups is 1. The van der Waals surface area contributed by atoms with E-state index in [1.54, 1.807) is 12.1 Å². The molecule has 0 spiro atoms. The molecule has 24 heavy (non-hydrogen) atoms. The maximum atomic E-state index is 12.7. The van der Waals surface area contributed by atoms with Gasteiger partial charge in [-0.3, -0.25) is 19.3 Å². The third-order valence-corrected chi connectivity index (χ3v) is 8.64. The van der Waals surface area contributed by atoms with E-state index in [2.05, 4.69) is 37.2 Å². The fraction of sp³-hybridized carbons (Fsp3) is 0.471. The van der Waals surface area contributed by atoms with Crippen molar-refractivity contribution in [3.05, 3.63) is 30.3 Å². The predicted molar refractivity (Wildman–Crippen MR) is 95.8 cm³/mol. The molecule has 0 aromatic heterocycles. The van der Waals surface area contributed by atoms with Crippen molar-refractivity contribution >= 4 is 55.3 Å². The van der Waals surface area contributed by atoms with Gasteiger partial charge in [-0.25, -0.2) is 0 Å². The molecule has 7 heteroatoms. The van der Waals surface area contributed by atoms with Crippen molar-refractivity contribution in [1.29, 1.82) is 0 Å². The van der Waals surface area contributed by atoms with Crippen molar-refractivity contribution in [3.63, 3.8) is 0 Å². The Morgan fingerprint density at radius 3 is 2.12 bits per heavy atom. The number of anilines is 1. The highest BCUT2D eigenvalue weighted by atomic mass is 79.9. The van der Waals surface area contributed by atoms with Gasteiger partial charge in [-0.15, -0.1) is 0 Å². The lowest BCUT2D eigenvalue weighted by Crippen LogP contribution is -2.39. The molecule has 2 aliphatic carbocycles. The molecule has 6 atom stereocenters. The molecular formula is C17H16Br2N2O3. The van der Waals surface area contributed by atoms with E-state index in [0.717, 1.165) is 11.3 Å². The van der Waals surface area contributed by atoms with E-state index in [9.17, 15) is 14.4 Å². The van der Waals surface area contributed by atoms with E-state index >= 15 is 0 Å². The SMILES string of the molecule is O=C(CN1C(=O)[C@@H]2[C@H]3C[C@@H]([C@H](Br)[C@H]3Br)[C@@H]2C1=O)Nc1ccccc1. The van der Waals surface area contributed by atoms with Crippen LogP contribution in [0.25, 0.3) is 0 Å². The molecule has 3 aliphatic rings. The summed E-state index contributed by atoms with van der Waals surface area (Å²) < 4.78 is 0. The number of rotatable bonds is 3. The number of alkyl halides is 2. The zero-order chi connectivity index (χ0) is 17.0. The van der Waals surface area contributed by atoms with Crippen LogP contribution in [0.4, 0.5) is 5.69 Å². The molecule has 1 aromatic rings. The number of carbonyl (C=O) groups is 3. The van der Waals surface area contributed by atoms with Crippen LogP contribution >= 0.6 is 31.9 Å². The number of fused-ring (bicyclic) bond motifs is 5. The second kappa shape index (κ2) is 5.95. The van der Waals surface area contributed by atoms with Crippen LogP contribution in [0.2, 0.25) is 0 Å². The monoisotopic (exact) mass is 454 g/mol. The van der Waals surface area contributed by atoms with Crippen LogP contribution in [-0.2, 0) is 14.4 Å². The molecule has 0 unspecified atom stereocenters. The second-order valence-electron chi connectivity index (χ2n) is 6.68. The molecule has 2 saturated carbocycles. The summed E-state index contributed by atoms with van der Waals surface area (Å²) in [5, 5.41) is 2.73. The minimum absolute atomic E-state index is 0.169. The number of likely N-dealkylation sites (tertiary alicyclic amines) is 1. The van der Waals surface area contributed by atoms with Crippen molar-refractivity contribution in [2.45, 2.75) is 16.1 Å². The summed E-state index contributed by atoms with van der Waals surface area (Å²) in [6.45, 7) is -0.209. The maximum absolute atomic E-state index is 12.7. The smallest absolute Gasteiger partial charge is 0.244 e. The fourth-order valence-corrected chi connectivity index (χ4v) is 6.31. The van der Waals surface area contributed by atoms with Gasteiger partial charge >= 0.3 is 0 Å². The van der Waals surface area contributed by atoms with Gasteiger partial charge in [0.25, 0.3) is 0 Å². The van der Waals surface area contributed by atoms with Crippen LogP contribution in [0.1, 0.15) is 6.42 Å². The van der Waals surface area contributed by atoms with E-state index in [1.165, 1.54) is 0 Å². The minimum Gasteiger partial charge on any atom is -0.325 e. The largest absolute Gasteiger partial charge is 0.325 e. The van der Waals surface area contributed by atoms with Crippen LogP contribution in [0.15, 0.2) is 30.3 Å². The Hall–Kier alpha value is -1.21. The topological polar surface area (TPSA) is 66.5 Å². The molecule has 126 valence electrons. The summed E-state index contributed by atoms with van der Waals surface area (Å²) in [6, 6.07) is 9.02. The van der Waals surface area contributed by atoms with Crippen molar-refractivity contribution in [1.82, 2.24) is 4.90 Å². The Balaban J connectivity index is 1.49. The zero-order valence-corrected chi connectivity index (χ0v) is 15.9. The minimum atomic E-state index is -0.346. The van der Waals surface area contributed by atoms with Crippen LogP contribution in [0.3, 0.4) is 0 Å². The molecule has 1 N–H and O–H groups in total. The lowest BCUT2D eigenvalue weighted by molar-refractivity contribution is -0.143. The van der Waals surface area contributed by atoms with E-state index in [1.807, 2.05) is 18.2 Å². The standard InChI is InChI=1S/C17H16Br2N2O3/c18-14-9-6-10(15(14)19)13-12(9)16(23)21(17(13)24)7-11(22)20-8-4-2-1-3-5-8/h1-5,9-10,12-15H,6-7H2,(H,20,22)/t9-,10-,12-,13+,14+,15+/m1/s1. The number of benzene rings is 1.